The highest BCUT2D eigenvalue weighted by Crippen LogP contribution is 2.41. The van der Waals surface area contributed by atoms with E-state index in [2.05, 4.69) is 5.32 Å². The molecule has 1 aromatic carbocycles. The predicted octanol–water partition coefficient (Wildman–Crippen LogP) is 2.99. The van der Waals surface area contributed by atoms with Crippen molar-refractivity contribution in [3.8, 4) is 0 Å². The van der Waals surface area contributed by atoms with Gasteiger partial charge in [0.15, 0.2) is 0 Å². The lowest BCUT2D eigenvalue weighted by molar-refractivity contribution is -0.146. The summed E-state index contributed by atoms with van der Waals surface area (Å²) >= 11 is 1.76. The van der Waals surface area contributed by atoms with Gasteiger partial charge in [-0.1, -0.05) is 31.0 Å². The third-order valence-electron chi connectivity index (χ3n) is 4.25. The van der Waals surface area contributed by atoms with Crippen LogP contribution in [0.1, 0.15) is 37.7 Å². The maximum atomic E-state index is 12.0. The number of carboxylic acids is 1. The van der Waals surface area contributed by atoms with Crippen LogP contribution in [0.5, 0.6) is 0 Å². The lowest BCUT2D eigenvalue weighted by atomic mass is 9.85. The van der Waals surface area contributed by atoms with Crippen molar-refractivity contribution in [1.29, 1.82) is 0 Å². The summed E-state index contributed by atoms with van der Waals surface area (Å²) in [7, 11) is 0. The molecular formula is C15H19NO2S. The predicted molar refractivity (Wildman–Crippen MR) is 76.5 cm³/mol. The Balaban J connectivity index is 1.99. The van der Waals surface area contributed by atoms with Gasteiger partial charge >= 0.3 is 5.97 Å². The van der Waals surface area contributed by atoms with Crippen LogP contribution < -0.4 is 5.32 Å². The first kappa shape index (κ1) is 13.0. The van der Waals surface area contributed by atoms with Crippen molar-refractivity contribution in [1.82, 2.24) is 5.32 Å². The van der Waals surface area contributed by atoms with Gasteiger partial charge < -0.3 is 5.11 Å². The fourth-order valence-corrected chi connectivity index (χ4v) is 4.45. The van der Waals surface area contributed by atoms with Gasteiger partial charge in [-0.3, -0.25) is 5.32 Å². The van der Waals surface area contributed by atoms with Crippen LogP contribution in [0.3, 0.4) is 0 Å². The Kier molecular flexibility index (Phi) is 3.54. The number of hydrogen-bond donors (Lipinski definition) is 2. The van der Waals surface area contributed by atoms with E-state index in [9.17, 15) is 9.90 Å². The van der Waals surface area contributed by atoms with Crippen molar-refractivity contribution in [2.75, 3.05) is 5.75 Å². The first-order valence-corrected chi connectivity index (χ1v) is 7.94. The van der Waals surface area contributed by atoms with Crippen molar-refractivity contribution < 1.29 is 9.90 Å². The molecule has 0 saturated heterocycles. The quantitative estimate of drug-likeness (QED) is 0.891. The molecule has 1 unspecified atom stereocenters. The molecule has 1 aliphatic heterocycles. The molecule has 0 aromatic heterocycles. The molecule has 0 bridgehead atoms. The van der Waals surface area contributed by atoms with Gasteiger partial charge in [0.05, 0.1) is 0 Å². The molecule has 0 spiro atoms. The molecule has 2 N–H and O–H groups in total. The number of fused-ring (bicyclic) bond motifs is 1. The average Bonchev–Trinajstić information content (AvgIpc) is 2.91. The minimum atomic E-state index is -0.878. The van der Waals surface area contributed by atoms with Crippen molar-refractivity contribution in [3.05, 3.63) is 29.8 Å². The maximum absolute atomic E-state index is 12.0. The molecule has 102 valence electrons. The van der Waals surface area contributed by atoms with Crippen LogP contribution in [0.15, 0.2) is 29.2 Å². The highest BCUT2D eigenvalue weighted by Gasteiger charge is 2.45. The molecule has 1 aliphatic carbocycles. The van der Waals surface area contributed by atoms with Crippen LogP contribution in [-0.2, 0) is 10.3 Å². The normalized spacial score (nSPS) is 27.2. The van der Waals surface area contributed by atoms with E-state index < -0.39 is 11.5 Å². The largest absolute Gasteiger partial charge is 0.480 e. The summed E-state index contributed by atoms with van der Waals surface area (Å²) in [5.74, 6) is 0.135. The van der Waals surface area contributed by atoms with E-state index in [0.29, 0.717) is 12.5 Å². The van der Waals surface area contributed by atoms with E-state index in [1.54, 1.807) is 11.8 Å². The second-order valence-corrected chi connectivity index (χ2v) is 6.57. The lowest BCUT2D eigenvalue weighted by Crippen LogP contribution is -2.54. The zero-order valence-corrected chi connectivity index (χ0v) is 11.7. The van der Waals surface area contributed by atoms with E-state index in [1.165, 1.54) is 12.8 Å². The van der Waals surface area contributed by atoms with Gasteiger partial charge in [-0.25, -0.2) is 4.79 Å². The number of benzene rings is 1. The molecule has 0 amide bonds. The SMILES string of the molecule is O=C(O)C1(NC2CCCC2)CCSc2ccccc21. The maximum Gasteiger partial charge on any atom is 0.328 e. The summed E-state index contributed by atoms with van der Waals surface area (Å²) in [6.45, 7) is 0. The standard InChI is InChI=1S/C15H19NO2S/c17-14(18)15(16-11-5-1-2-6-11)9-10-19-13-8-4-3-7-12(13)15/h3-4,7-8,11,16H,1-2,5-6,9-10H2,(H,17,18). The van der Waals surface area contributed by atoms with Crippen LogP contribution in [-0.4, -0.2) is 22.9 Å². The summed E-state index contributed by atoms with van der Waals surface area (Å²) in [6, 6.07) is 8.29. The highest BCUT2D eigenvalue weighted by molar-refractivity contribution is 7.99. The Hall–Kier alpha value is -1.00. The van der Waals surface area contributed by atoms with Crippen LogP contribution in [0.25, 0.3) is 0 Å². The van der Waals surface area contributed by atoms with Crippen molar-refractivity contribution >= 4 is 17.7 Å². The highest BCUT2D eigenvalue weighted by atomic mass is 32.2. The van der Waals surface area contributed by atoms with Gasteiger partial charge in [-0.2, -0.15) is 0 Å². The summed E-state index contributed by atoms with van der Waals surface area (Å²) in [5.41, 5.74) is 0.0716. The minimum absolute atomic E-state index is 0.354. The topological polar surface area (TPSA) is 49.3 Å². The average molecular weight is 277 g/mol. The van der Waals surface area contributed by atoms with Crippen molar-refractivity contribution in [2.24, 2.45) is 0 Å². The van der Waals surface area contributed by atoms with Crippen LogP contribution >= 0.6 is 11.8 Å². The molecule has 1 heterocycles. The first-order chi connectivity index (χ1) is 9.22. The van der Waals surface area contributed by atoms with Gasteiger partial charge in [-0.15, -0.1) is 11.8 Å². The zero-order valence-electron chi connectivity index (χ0n) is 10.9. The molecule has 0 radical (unpaired) electrons. The molecule has 2 aliphatic rings. The number of nitrogens with one attached hydrogen (secondary N) is 1. The number of rotatable bonds is 3. The second kappa shape index (κ2) is 5.17. The van der Waals surface area contributed by atoms with Gasteiger partial charge in [0.25, 0.3) is 0 Å². The first-order valence-electron chi connectivity index (χ1n) is 6.96. The fraction of sp³-hybridized carbons (Fsp3) is 0.533. The smallest absolute Gasteiger partial charge is 0.328 e. The molecular weight excluding hydrogens is 258 g/mol. The number of carboxylic acid groups (broad SMARTS) is 1. The van der Waals surface area contributed by atoms with Crippen LogP contribution in [0.2, 0.25) is 0 Å². The van der Waals surface area contributed by atoms with Gasteiger partial charge in [0, 0.05) is 16.7 Å². The number of carbonyl (C=O) groups is 1. The molecule has 4 heteroatoms. The molecule has 19 heavy (non-hydrogen) atoms. The van der Waals surface area contributed by atoms with Crippen molar-refractivity contribution in [3.63, 3.8) is 0 Å². The third kappa shape index (κ3) is 2.28. The Morgan fingerprint density at radius 2 is 2.05 bits per heavy atom. The van der Waals surface area contributed by atoms with Crippen LogP contribution in [0.4, 0.5) is 0 Å². The number of hydrogen-bond acceptors (Lipinski definition) is 3. The van der Waals surface area contributed by atoms with E-state index >= 15 is 0 Å². The van der Waals surface area contributed by atoms with Crippen LogP contribution in [0, 0.1) is 0 Å². The van der Waals surface area contributed by atoms with E-state index in [4.69, 9.17) is 0 Å². The minimum Gasteiger partial charge on any atom is -0.480 e. The van der Waals surface area contributed by atoms with E-state index in [1.807, 2.05) is 24.3 Å². The third-order valence-corrected chi connectivity index (χ3v) is 5.33. The number of thioether (sulfide) groups is 1. The summed E-state index contributed by atoms with van der Waals surface area (Å²) in [6.07, 6.45) is 5.29. The summed E-state index contributed by atoms with van der Waals surface area (Å²) in [4.78, 5) is 13.1. The Bertz CT molecular complexity index is 485. The Morgan fingerprint density at radius 3 is 2.79 bits per heavy atom. The summed E-state index contributed by atoms with van der Waals surface area (Å²) in [5, 5.41) is 13.3. The van der Waals surface area contributed by atoms with E-state index in [-0.39, 0.29) is 0 Å². The molecule has 1 fully saturated rings. The fourth-order valence-electron chi connectivity index (χ4n) is 3.25. The Morgan fingerprint density at radius 1 is 1.32 bits per heavy atom. The van der Waals surface area contributed by atoms with Gasteiger partial charge in [0.2, 0.25) is 0 Å². The molecule has 1 saturated carbocycles. The van der Waals surface area contributed by atoms with Gasteiger partial charge in [0.1, 0.15) is 5.54 Å². The zero-order chi connectivity index (χ0) is 13.3. The van der Waals surface area contributed by atoms with E-state index in [0.717, 1.165) is 29.1 Å². The molecule has 1 aromatic rings. The molecule has 3 rings (SSSR count). The second-order valence-electron chi connectivity index (χ2n) is 5.43. The van der Waals surface area contributed by atoms with Crippen molar-refractivity contribution in [2.45, 2.75) is 48.6 Å². The Labute approximate surface area is 117 Å². The number of aliphatic carboxylic acids is 1. The summed E-state index contributed by atoms with van der Waals surface area (Å²) < 4.78 is 0. The monoisotopic (exact) mass is 277 g/mol. The molecule has 3 nitrogen and oxygen atoms in total. The lowest BCUT2D eigenvalue weighted by Gasteiger charge is -2.38. The van der Waals surface area contributed by atoms with Gasteiger partial charge in [-0.05, 0) is 30.9 Å². The molecule has 1 atom stereocenters.